The zero-order chi connectivity index (χ0) is 24.4. The van der Waals surface area contributed by atoms with Gasteiger partial charge in [-0.15, -0.1) is 10.2 Å². The number of methoxy groups -OCH3 is 1. The van der Waals surface area contributed by atoms with Gasteiger partial charge in [0, 0.05) is 18.3 Å². The number of aromatic nitrogens is 3. The maximum atomic E-state index is 13.0. The van der Waals surface area contributed by atoms with Crippen molar-refractivity contribution in [2.24, 2.45) is 7.05 Å². The van der Waals surface area contributed by atoms with Crippen molar-refractivity contribution < 1.29 is 35.9 Å². The van der Waals surface area contributed by atoms with Crippen molar-refractivity contribution in [3.63, 3.8) is 0 Å². The summed E-state index contributed by atoms with van der Waals surface area (Å²) in [6.45, 7) is 0. The molecule has 0 aliphatic heterocycles. The van der Waals surface area contributed by atoms with Crippen LogP contribution in [0.4, 0.5) is 32.0 Å². The van der Waals surface area contributed by atoms with Crippen molar-refractivity contribution in [1.82, 2.24) is 14.8 Å². The van der Waals surface area contributed by atoms with Crippen LogP contribution in [-0.2, 0) is 24.2 Å². The van der Waals surface area contributed by atoms with Crippen LogP contribution < -0.4 is 10.1 Å². The van der Waals surface area contributed by atoms with E-state index in [-0.39, 0.29) is 11.8 Å². The van der Waals surface area contributed by atoms with E-state index in [1.165, 1.54) is 7.11 Å². The van der Waals surface area contributed by atoms with Gasteiger partial charge in [0.15, 0.2) is 11.0 Å². The Balaban J connectivity index is 1.71. The molecule has 2 aromatic carbocycles. The van der Waals surface area contributed by atoms with E-state index in [0.29, 0.717) is 28.9 Å². The third-order valence-electron chi connectivity index (χ3n) is 4.39. The van der Waals surface area contributed by atoms with Crippen LogP contribution in [0.5, 0.6) is 5.75 Å². The number of hydrogen-bond donors (Lipinski definition) is 1. The van der Waals surface area contributed by atoms with Crippen LogP contribution >= 0.6 is 11.8 Å². The minimum Gasteiger partial charge on any atom is -0.497 e. The van der Waals surface area contributed by atoms with Gasteiger partial charge in [-0.1, -0.05) is 11.8 Å². The van der Waals surface area contributed by atoms with E-state index in [1.807, 2.05) is 0 Å². The van der Waals surface area contributed by atoms with Gasteiger partial charge >= 0.3 is 12.4 Å². The first-order valence-electron chi connectivity index (χ1n) is 9.14. The highest BCUT2D eigenvalue weighted by Crippen LogP contribution is 2.37. The Morgan fingerprint density at radius 1 is 1.00 bits per heavy atom. The number of halogens is 6. The molecule has 0 radical (unpaired) electrons. The maximum absolute atomic E-state index is 13.0. The molecule has 0 spiro atoms. The smallest absolute Gasteiger partial charge is 0.416 e. The molecule has 0 bridgehead atoms. The number of benzene rings is 2. The molecule has 176 valence electrons. The predicted octanol–water partition coefficient (Wildman–Crippen LogP) is 5.26. The zero-order valence-electron chi connectivity index (χ0n) is 17.1. The second kappa shape index (κ2) is 9.33. The topological polar surface area (TPSA) is 69.0 Å². The molecule has 3 rings (SSSR count). The van der Waals surface area contributed by atoms with Crippen LogP contribution in [0, 0.1) is 0 Å². The average molecular weight is 490 g/mol. The van der Waals surface area contributed by atoms with Crippen LogP contribution in [0.2, 0.25) is 0 Å². The molecule has 0 saturated carbocycles. The maximum Gasteiger partial charge on any atom is 0.416 e. The normalized spacial score (nSPS) is 12.0. The lowest BCUT2D eigenvalue weighted by molar-refractivity contribution is -0.143. The number of carbonyl (C=O) groups is 1. The molecule has 3 aromatic rings. The number of ether oxygens (including phenoxy) is 1. The van der Waals surface area contributed by atoms with Gasteiger partial charge in [-0.25, -0.2) is 0 Å². The number of carbonyl (C=O) groups excluding carboxylic acids is 1. The van der Waals surface area contributed by atoms with Gasteiger partial charge in [0.25, 0.3) is 0 Å². The fraction of sp³-hybridized carbons (Fsp3) is 0.250. The molecule has 13 heteroatoms. The molecule has 1 N–H and O–H groups in total. The van der Waals surface area contributed by atoms with Crippen LogP contribution in [-0.4, -0.2) is 33.5 Å². The third kappa shape index (κ3) is 5.97. The van der Waals surface area contributed by atoms with E-state index in [0.717, 1.165) is 17.3 Å². The minimum atomic E-state index is -5.01. The molecule has 0 unspecified atom stereocenters. The molecule has 0 aliphatic rings. The van der Waals surface area contributed by atoms with Gasteiger partial charge in [-0.3, -0.25) is 4.79 Å². The molecular weight excluding hydrogens is 474 g/mol. The molecule has 1 amide bonds. The second-order valence-electron chi connectivity index (χ2n) is 6.73. The first-order chi connectivity index (χ1) is 15.4. The lowest BCUT2D eigenvalue weighted by Crippen LogP contribution is -2.17. The number of rotatable bonds is 6. The summed E-state index contributed by atoms with van der Waals surface area (Å²) in [5.74, 6) is 0.0248. The summed E-state index contributed by atoms with van der Waals surface area (Å²) >= 11 is 0.925. The lowest BCUT2D eigenvalue weighted by atomic mass is 10.1. The van der Waals surface area contributed by atoms with Crippen molar-refractivity contribution >= 4 is 23.4 Å². The summed E-state index contributed by atoms with van der Waals surface area (Å²) in [6, 6.07) is 7.86. The van der Waals surface area contributed by atoms with Crippen molar-refractivity contribution in [3.05, 3.63) is 53.6 Å². The van der Waals surface area contributed by atoms with Gasteiger partial charge in [-0.05, 0) is 42.5 Å². The monoisotopic (exact) mass is 490 g/mol. The quantitative estimate of drug-likeness (QED) is 0.377. The van der Waals surface area contributed by atoms with Crippen LogP contribution in [0.25, 0.3) is 11.4 Å². The van der Waals surface area contributed by atoms with Gasteiger partial charge in [0.2, 0.25) is 5.91 Å². The van der Waals surface area contributed by atoms with Crippen LogP contribution in [0.3, 0.4) is 0 Å². The average Bonchev–Trinajstić information content (AvgIpc) is 3.11. The number of nitrogens with one attached hydrogen (secondary N) is 1. The second-order valence-corrected chi connectivity index (χ2v) is 7.67. The van der Waals surface area contributed by atoms with E-state index in [9.17, 15) is 31.1 Å². The van der Waals surface area contributed by atoms with Gasteiger partial charge in [0.05, 0.1) is 24.0 Å². The number of hydrogen-bond acceptors (Lipinski definition) is 5. The summed E-state index contributed by atoms with van der Waals surface area (Å²) in [7, 11) is 3.18. The van der Waals surface area contributed by atoms with Crippen LogP contribution in [0.1, 0.15) is 11.1 Å². The molecule has 6 nitrogen and oxygen atoms in total. The fourth-order valence-corrected chi connectivity index (χ4v) is 3.50. The Bertz CT molecular complexity index is 1110. The highest BCUT2D eigenvalue weighted by Gasteiger charge is 2.37. The molecule has 0 atom stereocenters. The first kappa shape index (κ1) is 24.4. The van der Waals surface area contributed by atoms with Gasteiger partial charge in [-0.2, -0.15) is 26.3 Å². The molecule has 0 fully saturated rings. The van der Waals surface area contributed by atoms with E-state index < -0.39 is 35.1 Å². The summed E-state index contributed by atoms with van der Waals surface area (Å²) in [5.41, 5.74) is -2.92. The third-order valence-corrected chi connectivity index (χ3v) is 5.41. The molecule has 1 heterocycles. The Morgan fingerprint density at radius 3 is 2.09 bits per heavy atom. The Kier molecular flexibility index (Phi) is 6.91. The van der Waals surface area contributed by atoms with Crippen LogP contribution in [0.15, 0.2) is 47.6 Å². The summed E-state index contributed by atoms with van der Waals surface area (Å²) in [4.78, 5) is 12.2. The Hall–Kier alpha value is -3.22. The number of anilines is 1. The van der Waals surface area contributed by atoms with E-state index in [2.05, 4.69) is 15.5 Å². The van der Waals surface area contributed by atoms with Crippen molar-refractivity contribution in [2.45, 2.75) is 17.5 Å². The molecular formula is C20H16F6N4O2S. The SMILES string of the molecule is COc1ccc(-c2nnc(SCC(=O)Nc3cc(C(F)(F)F)cc(C(F)(F)F)c3)n2C)cc1. The summed E-state index contributed by atoms with van der Waals surface area (Å²) < 4.78 is 84.5. The lowest BCUT2D eigenvalue weighted by Gasteiger charge is -2.14. The summed E-state index contributed by atoms with van der Waals surface area (Å²) in [6.07, 6.45) is -10.0. The Morgan fingerprint density at radius 2 is 1.58 bits per heavy atom. The van der Waals surface area contributed by atoms with E-state index >= 15 is 0 Å². The predicted molar refractivity (Wildman–Crippen MR) is 109 cm³/mol. The number of nitrogens with zero attached hydrogens (tertiary/aromatic N) is 3. The molecule has 0 aliphatic carbocycles. The summed E-state index contributed by atoms with van der Waals surface area (Å²) in [5, 5.41) is 10.4. The van der Waals surface area contributed by atoms with E-state index in [1.54, 1.807) is 35.9 Å². The Labute approximate surface area is 188 Å². The molecule has 0 saturated heterocycles. The van der Waals surface area contributed by atoms with Gasteiger partial charge < -0.3 is 14.6 Å². The highest BCUT2D eigenvalue weighted by molar-refractivity contribution is 7.99. The standard InChI is InChI=1S/C20H16F6N4O2S/c1-30-17(11-3-5-15(32-2)6-4-11)28-29-18(30)33-10-16(31)27-14-8-12(19(21,22)23)7-13(9-14)20(24,25)26/h3-9H,10H2,1-2H3,(H,27,31). The molecule has 1 aromatic heterocycles. The number of thioether (sulfide) groups is 1. The first-order valence-corrected chi connectivity index (χ1v) is 10.1. The minimum absolute atomic E-state index is 0.00926. The number of amides is 1. The van der Waals surface area contributed by atoms with Crippen molar-refractivity contribution in [3.8, 4) is 17.1 Å². The van der Waals surface area contributed by atoms with E-state index in [4.69, 9.17) is 4.74 Å². The fourth-order valence-electron chi connectivity index (χ4n) is 2.79. The highest BCUT2D eigenvalue weighted by atomic mass is 32.2. The number of alkyl halides is 6. The van der Waals surface area contributed by atoms with Gasteiger partial charge in [0.1, 0.15) is 5.75 Å². The van der Waals surface area contributed by atoms with Crippen molar-refractivity contribution in [1.29, 1.82) is 0 Å². The van der Waals surface area contributed by atoms with Crippen molar-refractivity contribution in [2.75, 3.05) is 18.2 Å². The zero-order valence-corrected chi connectivity index (χ0v) is 17.9. The largest absolute Gasteiger partial charge is 0.497 e. The molecule has 33 heavy (non-hydrogen) atoms.